The minimum Gasteiger partial charge on any atom is -0.504 e. The Labute approximate surface area is 132 Å². The number of hydrogen-bond donors (Lipinski definition) is 3. The molecule has 0 aliphatic carbocycles. The van der Waals surface area contributed by atoms with Gasteiger partial charge in [0.15, 0.2) is 11.5 Å². The second kappa shape index (κ2) is 8.47. The lowest BCUT2D eigenvalue weighted by Crippen LogP contribution is -2.30. The van der Waals surface area contributed by atoms with Crippen LogP contribution in [0.3, 0.4) is 0 Å². The zero-order valence-corrected chi connectivity index (χ0v) is 13.4. The summed E-state index contributed by atoms with van der Waals surface area (Å²) in [5.41, 5.74) is 7.48. The molecule has 1 aromatic carbocycles. The third-order valence-corrected chi connectivity index (χ3v) is 4.03. The number of halogens is 1. The van der Waals surface area contributed by atoms with Crippen LogP contribution in [0.15, 0.2) is 12.1 Å². The number of benzene rings is 1. The summed E-state index contributed by atoms with van der Waals surface area (Å²) in [5.74, 6) is -0.0750. The van der Waals surface area contributed by atoms with Gasteiger partial charge in [-0.3, -0.25) is 0 Å². The molecule has 0 saturated heterocycles. The number of phenols is 2. The average molecular weight is 316 g/mol. The lowest BCUT2D eigenvalue weighted by Gasteiger charge is -2.32. The summed E-state index contributed by atoms with van der Waals surface area (Å²) < 4.78 is 6.02. The van der Waals surface area contributed by atoms with Crippen molar-refractivity contribution in [2.75, 3.05) is 6.54 Å². The Hall–Kier alpha value is -0.970. The van der Waals surface area contributed by atoms with E-state index in [0.717, 1.165) is 24.0 Å². The average Bonchev–Trinajstić information content (AvgIpc) is 2.47. The van der Waals surface area contributed by atoms with Crippen molar-refractivity contribution in [3.05, 3.63) is 23.3 Å². The number of fused-ring (bicyclic) bond motifs is 1. The Morgan fingerprint density at radius 2 is 2.00 bits per heavy atom. The first kappa shape index (κ1) is 18.1. The molecular weight excluding hydrogens is 290 g/mol. The van der Waals surface area contributed by atoms with E-state index in [1.165, 1.54) is 25.3 Å². The Kier molecular flexibility index (Phi) is 7.29. The lowest BCUT2D eigenvalue weighted by atomic mass is 9.91. The number of aromatic hydroxyl groups is 2. The van der Waals surface area contributed by atoms with E-state index < -0.39 is 0 Å². The van der Waals surface area contributed by atoms with Gasteiger partial charge in [-0.2, -0.15) is 0 Å². The van der Waals surface area contributed by atoms with Crippen LogP contribution in [0.25, 0.3) is 0 Å². The van der Waals surface area contributed by atoms with Gasteiger partial charge in [0.25, 0.3) is 0 Å². The van der Waals surface area contributed by atoms with E-state index in [2.05, 4.69) is 6.92 Å². The SMILES string of the molecule is CCCCCCC1Cc2c(ccc(O)c2O)C(CN)O1.Cl. The molecule has 0 radical (unpaired) electrons. The number of ether oxygens (including phenoxy) is 1. The first-order chi connectivity index (χ1) is 9.67. The Morgan fingerprint density at radius 3 is 2.67 bits per heavy atom. The van der Waals surface area contributed by atoms with Crippen LogP contribution in [0.1, 0.15) is 56.3 Å². The van der Waals surface area contributed by atoms with E-state index in [4.69, 9.17) is 10.5 Å². The summed E-state index contributed by atoms with van der Waals surface area (Å²) in [5, 5.41) is 19.7. The van der Waals surface area contributed by atoms with Crippen LogP contribution >= 0.6 is 12.4 Å². The summed E-state index contributed by atoms with van der Waals surface area (Å²) in [6.45, 7) is 2.58. The van der Waals surface area contributed by atoms with E-state index in [1.54, 1.807) is 6.07 Å². The van der Waals surface area contributed by atoms with Crippen molar-refractivity contribution in [1.29, 1.82) is 0 Å². The van der Waals surface area contributed by atoms with Gasteiger partial charge in [0.1, 0.15) is 0 Å². The minimum absolute atomic E-state index is 0. The molecule has 1 aromatic rings. The second-order valence-corrected chi connectivity index (χ2v) is 5.54. The highest BCUT2D eigenvalue weighted by Gasteiger charge is 2.29. The maximum Gasteiger partial charge on any atom is 0.161 e. The van der Waals surface area contributed by atoms with Gasteiger partial charge in [0, 0.05) is 18.5 Å². The smallest absolute Gasteiger partial charge is 0.161 e. The summed E-state index contributed by atoms with van der Waals surface area (Å²) >= 11 is 0. The van der Waals surface area contributed by atoms with E-state index in [0.29, 0.717) is 13.0 Å². The Bertz CT molecular complexity index is 453. The van der Waals surface area contributed by atoms with Crippen LogP contribution in [0.5, 0.6) is 11.5 Å². The Balaban J connectivity index is 0.00000220. The van der Waals surface area contributed by atoms with Gasteiger partial charge >= 0.3 is 0 Å². The molecule has 120 valence electrons. The maximum absolute atomic E-state index is 10.0. The zero-order valence-electron chi connectivity index (χ0n) is 12.5. The molecule has 21 heavy (non-hydrogen) atoms. The van der Waals surface area contributed by atoms with Crippen LogP contribution in [-0.4, -0.2) is 22.9 Å². The third kappa shape index (κ3) is 4.25. The molecule has 2 unspecified atom stereocenters. The molecule has 5 heteroatoms. The molecule has 2 atom stereocenters. The van der Waals surface area contributed by atoms with Crippen molar-refractivity contribution in [2.45, 2.75) is 57.7 Å². The van der Waals surface area contributed by atoms with E-state index >= 15 is 0 Å². The molecule has 1 aliphatic rings. The van der Waals surface area contributed by atoms with Crippen LogP contribution < -0.4 is 5.73 Å². The summed E-state index contributed by atoms with van der Waals surface area (Å²) in [6, 6.07) is 3.30. The van der Waals surface area contributed by atoms with Gasteiger partial charge in [-0.1, -0.05) is 38.7 Å². The largest absolute Gasteiger partial charge is 0.504 e. The number of nitrogens with two attached hydrogens (primary N) is 1. The van der Waals surface area contributed by atoms with Crippen LogP contribution in [0.4, 0.5) is 0 Å². The highest BCUT2D eigenvalue weighted by atomic mass is 35.5. The highest BCUT2D eigenvalue weighted by molar-refractivity contribution is 5.85. The first-order valence-corrected chi connectivity index (χ1v) is 7.56. The molecular formula is C16H26ClNO3. The molecule has 1 heterocycles. The molecule has 0 amide bonds. The lowest BCUT2D eigenvalue weighted by molar-refractivity contribution is -0.0263. The van der Waals surface area contributed by atoms with Gasteiger partial charge in [0.05, 0.1) is 12.2 Å². The second-order valence-electron chi connectivity index (χ2n) is 5.54. The first-order valence-electron chi connectivity index (χ1n) is 7.56. The fourth-order valence-electron chi connectivity index (χ4n) is 2.89. The topological polar surface area (TPSA) is 75.7 Å². The fourth-order valence-corrected chi connectivity index (χ4v) is 2.89. The number of unbranched alkanes of at least 4 members (excludes halogenated alkanes) is 3. The summed E-state index contributed by atoms with van der Waals surface area (Å²) in [6.07, 6.45) is 6.34. The molecule has 0 aromatic heterocycles. The number of hydrogen-bond acceptors (Lipinski definition) is 4. The van der Waals surface area contributed by atoms with Gasteiger partial charge in [-0.25, -0.2) is 0 Å². The third-order valence-electron chi connectivity index (χ3n) is 4.03. The van der Waals surface area contributed by atoms with Crippen molar-refractivity contribution in [3.8, 4) is 11.5 Å². The van der Waals surface area contributed by atoms with E-state index in [1.807, 2.05) is 0 Å². The van der Waals surface area contributed by atoms with Gasteiger partial charge < -0.3 is 20.7 Å². The van der Waals surface area contributed by atoms with Gasteiger partial charge in [-0.15, -0.1) is 12.4 Å². The van der Waals surface area contributed by atoms with Gasteiger partial charge in [0.2, 0.25) is 0 Å². The minimum atomic E-state index is -0.179. The molecule has 4 N–H and O–H groups in total. The van der Waals surface area contributed by atoms with Crippen molar-refractivity contribution < 1.29 is 14.9 Å². The highest BCUT2D eigenvalue weighted by Crippen LogP contribution is 2.40. The molecule has 1 aliphatic heterocycles. The van der Waals surface area contributed by atoms with Crippen molar-refractivity contribution in [3.63, 3.8) is 0 Å². The van der Waals surface area contributed by atoms with Crippen molar-refractivity contribution >= 4 is 12.4 Å². The number of phenolic OH excluding ortho intramolecular Hbond substituents is 2. The van der Waals surface area contributed by atoms with Crippen LogP contribution in [-0.2, 0) is 11.2 Å². The van der Waals surface area contributed by atoms with Crippen molar-refractivity contribution in [2.24, 2.45) is 5.73 Å². The molecule has 0 fully saturated rings. The standard InChI is InChI=1S/C16H25NO3.ClH/c1-2-3-4-5-6-11-9-13-12(15(10-17)20-11)7-8-14(18)16(13)19;/h7-8,11,15,18-19H,2-6,9-10,17H2,1H3;1H. The molecule has 4 nitrogen and oxygen atoms in total. The molecule has 2 rings (SSSR count). The maximum atomic E-state index is 10.0. The van der Waals surface area contributed by atoms with Crippen LogP contribution in [0, 0.1) is 0 Å². The zero-order chi connectivity index (χ0) is 14.5. The van der Waals surface area contributed by atoms with Crippen LogP contribution in [0.2, 0.25) is 0 Å². The molecule has 0 spiro atoms. The van der Waals surface area contributed by atoms with Gasteiger partial charge in [-0.05, 0) is 18.1 Å². The Morgan fingerprint density at radius 1 is 1.24 bits per heavy atom. The van der Waals surface area contributed by atoms with E-state index in [-0.39, 0.29) is 36.1 Å². The summed E-state index contributed by atoms with van der Waals surface area (Å²) in [7, 11) is 0. The quantitative estimate of drug-likeness (QED) is 0.555. The molecule has 0 saturated carbocycles. The summed E-state index contributed by atoms with van der Waals surface area (Å²) in [4.78, 5) is 0. The number of rotatable bonds is 6. The predicted molar refractivity (Wildman–Crippen MR) is 86.2 cm³/mol. The predicted octanol–water partition coefficient (Wildman–Crippen LogP) is 3.43. The van der Waals surface area contributed by atoms with Crippen molar-refractivity contribution in [1.82, 2.24) is 0 Å². The normalized spacial score (nSPS) is 20.7. The molecule has 0 bridgehead atoms. The monoisotopic (exact) mass is 315 g/mol. The fraction of sp³-hybridized carbons (Fsp3) is 0.625. The van der Waals surface area contributed by atoms with E-state index in [9.17, 15) is 10.2 Å².